The first-order chi connectivity index (χ1) is 13.3. The SMILES string of the molecule is CCNC(=NCCC1=CCCCC1)N1CCC(OCC2CCCCO2)CC1.I. The van der Waals surface area contributed by atoms with E-state index in [1.807, 2.05) is 0 Å². The fraction of sp³-hybridized carbons (Fsp3) is 0.864. The third kappa shape index (κ3) is 8.19. The van der Waals surface area contributed by atoms with E-state index in [1.165, 1.54) is 38.5 Å². The highest BCUT2D eigenvalue weighted by Gasteiger charge is 2.23. The summed E-state index contributed by atoms with van der Waals surface area (Å²) in [6, 6.07) is 0. The van der Waals surface area contributed by atoms with Gasteiger partial charge in [-0.25, -0.2) is 0 Å². The van der Waals surface area contributed by atoms with Crippen molar-refractivity contribution in [3.63, 3.8) is 0 Å². The van der Waals surface area contributed by atoms with Crippen LogP contribution in [0.2, 0.25) is 0 Å². The molecule has 1 atom stereocenters. The predicted molar refractivity (Wildman–Crippen MR) is 127 cm³/mol. The lowest BCUT2D eigenvalue weighted by Gasteiger charge is -2.35. The van der Waals surface area contributed by atoms with E-state index in [9.17, 15) is 0 Å². The zero-order valence-corrected chi connectivity index (χ0v) is 20.0. The Bertz CT molecular complexity index is 484. The molecule has 2 saturated heterocycles. The zero-order chi connectivity index (χ0) is 18.7. The molecule has 28 heavy (non-hydrogen) atoms. The average Bonchev–Trinajstić information content (AvgIpc) is 2.74. The Kier molecular flexibility index (Phi) is 11.8. The minimum Gasteiger partial charge on any atom is -0.376 e. The van der Waals surface area contributed by atoms with Gasteiger partial charge in [-0.3, -0.25) is 4.99 Å². The number of halogens is 1. The topological polar surface area (TPSA) is 46.1 Å². The number of rotatable bonds is 7. The molecule has 3 aliphatic rings. The average molecular weight is 505 g/mol. The predicted octanol–water partition coefficient (Wildman–Crippen LogP) is 4.51. The Morgan fingerprint density at radius 2 is 2.07 bits per heavy atom. The molecular formula is C22H40IN3O2. The quantitative estimate of drug-likeness (QED) is 0.240. The van der Waals surface area contributed by atoms with Gasteiger partial charge in [0.2, 0.25) is 0 Å². The number of hydrogen-bond acceptors (Lipinski definition) is 3. The maximum Gasteiger partial charge on any atom is 0.193 e. The second kappa shape index (κ2) is 13.8. The number of allylic oxidation sites excluding steroid dienone is 1. The molecule has 0 bridgehead atoms. The van der Waals surface area contributed by atoms with E-state index in [2.05, 4.69) is 23.2 Å². The van der Waals surface area contributed by atoms with Gasteiger partial charge in [-0.1, -0.05) is 11.6 Å². The maximum atomic E-state index is 6.15. The zero-order valence-electron chi connectivity index (χ0n) is 17.7. The summed E-state index contributed by atoms with van der Waals surface area (Å²) >= 11 is 0. The van der Waals surface area contributed by atoms with Crippen LogP contribution in [0.15, 0.2) is 16.6 Å². The fourth-order valence-corrected chi connectivity index (χ4v) is 4.28. The smallest absolute Gasteiger partial charge is 0.193 e. The summed E-state index contributed by atoms with van der Waals surface area (Å²) < 4.78 is 11.9. The molecule has 5 nitrogen and oxygen atoms in total. The highest BCUT2D eigenvalue weighted by Crippen LogP contribution is 2.20. The Balaban J connectivity index is 0.00000280. The number of hydrogen-bond donors (Lipinski definition) is 1. The molecule has 6 heteroatoms. The number of nitrogens with one attached hydrogen (secondary N) is 1. The molecule has 1 aliphatic carbocycles. The molecule has 0 radical (unpaired) electrons. The first-order valence-electron chi connectivity index (χ1n) is 11.3. The second-order valence-corrected chi connectivity index (χ2v) is 8.10. The minimum atomic E-state index is 0. The van der Waals surface area contributed by atoms with E-state index in [1.54, 1.807) is 5.57 Å². The van der Waals surface area contributed by atoms with E-state index in [0.29, 0.717) is 12.2 Å². The van der Waals surface area contributed by atoms with E-state index >= 15 is 0 Å². The summed E-state index contributed by atoms with van der Waals surface area (Å²) in [6.45, 7) is 7.73. The van der Waals surface area contributed by atoms with Crippen molar-refractivity contribution < 1.29 is 9.47 Å². The lowest BCUT2D eigenvalue weighted by atomic mass is 9.97. The van der Waals surface area contributed by atoms with Crippen molar-refractivity contribution in [3.8, 4) is 0 Å². The summed E-state index contributed by atoms with van der Waals surface area (Å²) in [5, 5.41) is 3.48. The number of piperidine rings is 1. The highest BCUT2D eigenvalue weighted by molar-refractivity contribution is 14.0. The lowest BCUT2D eigenvalue weighted by molar-refractivity contribution is -0.0721. The number of aliphatic imine (C=N–C) groups is 1. The van der Waals surface area contributed by atoms with Gasteiger partial charge in [-0.15, -0.1) is 24.0 Å². The molecule has 2 heterocycles. The first-order valence-corrected chi connectivity index (χ1v) is 11.3. The van der Waals surface area contributed by atoms with Crippen LogP contribution in [0.1, 0.15) is 71.1 Å². The Hall–Kier alpha value is -0.340. The molecule has 3 rings (SSSR count). The summed E-state index contributed by atoms with van der Waals surface area (Å²) in [7, 11) is 0. The number of guanidine groups is 1. The van der Waals surface area contributed by atoms with Gasteiger partial charge >= 0.3 is 0 Å². The number of nitrogens with zero attached hydrogens (tertiary/aromatic N) is 2. The van der Waals surface area contributed by atoms with Crippen LogP contribution in [0.5, 0.6) is 0 Å². The van der Waals surface area contributed by atoms with E-state index in [-0.39, 0.29) is 24.0 Å². The Morgan fingerprint density at radius 3 is 2.75 bits per heavy atom. The summed E-state index contributed by atoms with van der Waals surface area (Å²) in [5.41, 5.74) is 1.61. The molecule has 1 N–H and O–H groups in total. The van der Waals surface area contributed by atoms with Crippen molar-refractivity contribution in [2.75, 3.05) is 39.4 Å². The molecule has 0 spiro atoms. The van der Waals surface area contributed by atoms with Gasteiger partial charge in [0.15, 0.2) is 5.96 Å². The lowest BCUT2D eigenvalue weighted by Crippen LogP contribution is -2.47. The van der Waals surface area contributed by atoms with Crippen molar-refractivity contribution >= 4 is 29.9 Å². The maximum absolute atomic E-state index is 6.15. The molecule has 0 aromatic rings. The van der Waals surface area contributed by atoms with Crippen molar-refractivity contribution in [3.05, 3.63) is 11.6 Å². The van der Waals surface area contributed by atoms with Crippen LogP contribution in [-0.4, -0.2) is 62.5 Å². The summed E-state index contributed by atoms with van der Waals surface area (Å²) in [5.74, 6) is 1.09. The fourth-order valence-electron chi connectivity index (χ4n) is 4.28. The second-order valence-electron chi connectivity index (χ2n) is 8.10. The van der Waals surface area contributed by atoms with Gasteiger partial charge in [0.25, 0.3) is 0 Å². The number of ether oxygens (including phenoxy) is 2. The third-order valence-electron chi connectivity index (χ3n) is 5.95. The van der Waals surface area contributed by atoms with Gasteiger partial charge in [0.1, 0.15) is 0 Å². The van der Waals surface area contributed by atoms with Crippen LogP contribution in [-0.2, 0) is 9.47 Å². The number of likely N-dealkylation sites (tertiary alicyclic amines) is 1. The van der Waals surface area contributed by atoms with Gasteiger partial charge in [-0.05, 0) is 71.1 Å². The monoisotopic (exact) mass is 505 g/mol. The molecule has 0 amide bonds. The van der Waals surface area contributed by atoms with Crippen molar-refractivity contribution in [1.82, 2.24) is 10.2 Å². The van der Waals surface area contributed by atoms with Crippen LogP contribution in [0.4, 0.5) is 0 Å². The van der Waals surface area contributed by atoms with Crippen molar-refractivity contribution in [1.29, 1.82) is 0 Å². The third-order valence-corrected chi connectivity index (χ3v) is 5.95. The van der Waals surface area contributed by atoms with Crippen LogP contribution in [0, 0.1) is 0 Å². The van der Waals surface area contributed by atoms with Crippen LogP contribution < -0.4 is 5.32 Å². The van der Waals surface area contributed by atoms with E-state index in [4.69, 9.17) is 14.5 Å². The normalized spacial score (nSPS) is 24.5. The van der Waals surface area contributed by atoms with Crippen LogP contribution >= 0.6 is 24.0 Å². The van der Waals surface area contributed by atoms with Gasteiger partial charge in [-0.2, -0.15) is 0 Å². The van der Waals surface area contributed by atoms with E-state index in [0.717, 1.165) is 71.0 Å². The Morgan fingerprint density at radius 1 is 1.21 bits per heavy atom. The molecular weight excluding hydrogens is 465 g/mol. The molecule has 0 aromatic carbocycles. The van der Waals surface area contributed by atoms with Gasteiger partial charge in [0.05, 0.1) is 18.8 Å². The largest absolute Gasteiger partial charge is 0.376 e. The standard InChI is InChI=1S/C22H39N3O2.HI/c1-2-23-22(24-14-11-19-8-4-3-5-9-19)25-15-12-20(13-16-25)27-18-21-10-6-7-17-26-21;/h8,20-21H,2-7,9-18H2,1H3,(H,23,24);1H. The molecule has 162 valence electrons. The van der Waals surface area contributed by atoms with Crippen molar-refractivity contribution in [2.45, 2.75) is 83.3 Å². The van der Waals surface area contributed by atoms with Crippen LogP contribution in [0.3, 0.4) is 0 Å². The minimum absolute atomic E-state index is 0. The molecule has 2 aliphatic heterocycles. The summed E-state index contributed by atoms with van der Waals surface area (Å²) in [6.07, 6.45) is 15.3. The molecule has 0 saturated carbocycles. The first kappa shape index (κ1) is 23.9. The molecule has 1 unspecified atom stereocenters. The van der Waals surface area contributed by atoms with Crippen LogP contribution in [0.25, 0.3) is 0 Å². The van der Waals surface area contributed by atoms with Crippen molar-refractivity contribution in [2.24, 2.45) is 4.99 Å². The van der Waals surface area contributed by atoms with E-state index < -0.39 is 0 Å². The molecule has 2 fully saturated rings. The Labute approximate surface area is 188 Å². The molecule has 0 aromatic heterocycles. The highest BCUT2D eigenvalue weighted by atomic mass is 127. The summed E-state index contributed by atoms with van der Waals surface area (Å²) in [4.78, 5) is 7.32. The van der Waals surface area contributed by atoms with Gasteiger partial charge < -0.3 is 19.7 Å². The van der Waals surface area contributed by atoms with Gasteiger partial charge in [0, 0.05) is 32.8 Å².